The summed E-state index contributed by atoms with van der Waals surface area (Å²) in [4.78, 5) is 46.1. The van der Waals surface area contributed by atoms with Crippen molar-refractivity contribution in [2.24, 2.45) is 0 Å². The lowest BCUT2D eigenvalue weighted by Crippen LogP contribution is -2.43. The molecule has 0 radical (unpaired) electrons. The monoisotopic (exact) mass is 355 g/mol. The van der Waals surface area contributed by atoms with Gasteiger partial charge in [0.15, 0.2) is 23.9 Å². The molecule has 138 valence electrons. The van der Waals surface area contributed by atoms with Gasteiger partial charge in [-0.3, -0.25) is 4.79 Å². The van der Waals surface area contributed by atoms with Crippen LogP contribution < -0.4 is 11.1 Å². The molecule has 25 heavy (non-hydrogen) atoms. The molecule has 0 aromatic carbocycles. The fraction of sp³-hybridized carbons (Fsp3) is 0.500. The Morgan fingerprint density at radius 3 is 2.48 bits per heavy atom. The minimum absolute atomic E-state index is 0.0113. The molecule has 0 saturated carbocycles. The first-order valence-corrected chi connectivity index (χ1v) is 7.61. The normalized spacial score (nSPS) is 11.7. The van der Waals surface area contributed by atoms with E-state index in [0.717, 1.165) is 6.08 Å². The van der Waals surface area contributed by atoms with E-state index >= 15 is 0 Å². The van der Waals surface area contributed by atoms with Crippen molar-refractivity contribution in [3.63, 3.8) is 0 Å². The van der Waals surface area contributed by atoms with Crippen molar-refractivity contribution in [3.05, 3.63) is 34.8 Å². The van der Waals surface area contributed by atoms with Crippen molar-refractivity contribution < 1.29 is 32.7 Å². The summed E-state index contributed by atoms with van der Waals surface area (Å²) in [5, 5.41) is 2.33. The minimum atomic E-state index is -1.06. The first-order valence-electron chi connectivity index (χ1n) is 7.61. The van der Waals surface area contributed by atoms with Gasteiger partial charge in [-0.25, -0.2) is 14.4 Å². The molecule has 0 saturated heterocycles. The zero-order valence-corrected chi connectivity index (χ0v) is 14.3. The lowest BCUT2D eigenvalue weighted by atomic mass is 10.1. The number of rotatable bonds is 9. The Morgan fingerprint density at radius 2 is 1.96 bits per heavy atom. The van der Waals surface area contributed by atoms with Crippen LogP contribution in [0.2, 0.25) is 0 Å². The van der Waals surface area contributed by atoms with Crippen molar-refractivity contribution >= 4 is 17.8 Å². The second-order valence-electron chi connectivity index (χ2n) is 5.40. The van der Waals surface area contributed by atoms with Crippen LogP contribution in [0.15, 0.2) is 26.3 Å². The fourth-order valence-corrected chi connectivity index (χ4v) is 1.77. The van der Waals surface area contributed by atoms with Crippen molar-refractivity contribution in [3.8, 4) is 0 Å². The largest absolute Gasteiger partial charge is 0.519 e. The molecular weight excluding hydrogens is 334 g/mol. The molecule has 1 atom stereocenters. The molecule has 0 fully saturated rings. The molecule has 0 spiro atoms. The third kappa shape index (κ3) is 7.06. The summed E-state index contributed by atoms with van der Waals surface area (Å²) in [5.41, 5.74) is 0. The van der Waals surface area contributed by atoms with Crippen LogP contribution in [0.5, 0.6) is 0 Å². The quantitative estimate of drug-likeness (QED) is 0.523. The topological polar surface area (TPSA) is 125 Å². The van der Waals surface area contributed by atoms with Crippen LogP contribution >= 0.6 is 0 Å². The first kappa shape index (κ1) is 20.2. The number of aryl methyl sites for hydroxylation is 1. The van der Waals surface area contributed by atoms with Crippen LogP contribution in [0.1, 0.15) is 38.2 Å². The maximum atomic E-state index is 12.0. The average Bonchev–Trinajstić information content (AvgIpc) is 2.85. The molecule has 1 heterocycles. The van der Waals surface area contributed by atoms with Gasteiger partial charge >= 0.3 is 17.9 Å². The predicted octanol–water partition coefficient (Wildman–Crippen LogP) is 1.62. The molecule has 0 aliphatic rings. The number of hydrogen-bond acceptors (Lipinski definition) is 8. The Balaban J connectivity index is 2.64. The Morgan fingerprint density at radius 1 is 1.28 bits per heavy atom. The van der Waals surface area contributed by atoms with Crippen molar-refractivity contribution in [1.82, 2.24) is 5.32 Å². The van der Waals surface area contributed by atoms with E-state index in [4.69, 9.17) is 9.47 Å². The van der Waals surface area contributed by atoms with Gasteiger partial charge in [-0.15, -0.1) is 0 Å². The van der Waals surface area contributed by atoms with E-state index < -0.39 is 23.9 Å². The van der Waals surface area contributed by atoms with Gasteiger partial charge in [0.2, 0.25) is 0 Å². The van der Waals surface area contributed by atoms with Crippen LogP contribution in [0, 0.1) is 6.92 Å². The Labute approximate surface area is 144 Å². The van der Waals surface area contributed by atoms with Gasteiger partial charge in [-0.05, 0) is 33.3 Å². The molecule has 0 bridgehead atoms. The smallest absolute Gasteiger partial charge is 0.461 e. The number of carbonyl (C=O) groups is 3. The van der Waals surface area contributed by atoms with Gasteiger partial charge in [-0.1, -0.05) is 6.58 Å². The maximum absolute atomic E-state index is 12.0. The summed E-state index contributed by atoms with van der Waals surface area (Å²) in [5.74, 6) is -1.62. The Hall–Kier alpha value is -2.84. The molecule has 1 aromatic rings. The number of amides is 1. The third-order valence-electron chi connectivity index (χ3n) is 3.01. The van der Waals surface area contributed by atoms with Gasteiger partial charge < -0.3 is 23.6 Å². The van der Waals surface area contributed by atoms with Gasteiger partial charge in [0.25, 0.3) is 0 Å². The highest BCUT2D eigenvalue weighted by Gasteiger charge is 2.24. The van der Waals surface area contributed by atoms with E-state index in [-0.39, 0.29) is 42.9 Å². The molecule has 9 nitrogen and oxygen atoms in total. The molecule has 9 heteroatoms. The number of carbonyl (C=O) groups excluding carboxylic acids is 3. The minimum Gasteiger partial charge on any atom is -0.461 e. The zero-order valence-electron chi connectivity index (χ0n) is 14.3. The average molecular weight is 355 g/mol. The van der Waals surface area contributed by atoms with E-state index in [9.17, 15) is 19.2 Å². The number of hydrogen-bond donors (Lipinski definition) is 1. The van der Waals surface area contributed by atoms with E-state index in [1.54, 1.807) is 13.8 Å². The number of alkyl carbamates (subject to hydrolysis) is 1. The standard InChI is InChI=1S/C16H21NO8/c1-5-11(18)6-7-12(14(19)23-9(2)3)17-15(20)22-8-13-10(4)24-16(21)25-13/h5,9,12H,1,6-8H2,2-4H3,(H,17,20). The fourth-order valence-electron chi connectivity index (χ4n) is 1.77. The molecule has 1 rings (SSSR count). The lowest BCUT2D eigenvalue weighted by molar-refractivity contribution is -0.150. The molecular formula is C16H21NO8. The van der Waals surface area contributed by atoms with Gasteiger partial charge in [-0.2, -0.15) is 0 Å². The number of allylic oxidation sites excluding steroid dienone is 1. The van der Waals surface area contributed by atoms with Crippen molar-refractivity contribution in [2.45, 2.75) is 52.4 Å². The summed E-state index contributed by atoms with van der Waals surface area (Å²) in [6.45, 7) is 7.79. The lowest BCUT2D eigenvalue weighted by Gasteiger charge is -2.18. The zero-order chi connectivity index (χ0) is 19.0. The Bertz CT molecular complexity index is 685. The maximum Gasteiger partial charge on any atom is 0.519 e. The summed E-state index contributed by atoms with van der Waals surface area (Å²) in [6, 6.07) is -1.06. The number of ether oxygens (including phenoxy) is 2. The highest BCUT2D eigenvalue weighted by Crippen LogP contribution is 2.08. The number of ketones is 1. The molecule has 1 unspecified atom stereocenters. The summed E-state index contributed by atoms with van der Waals surface area (Å²) >= 11 is 0. The highest BCUT2D eigenvalue weighted by molar-refractivity contribution is 5.90. The van der Waals surface area contributed by atoms with Gasteiger partial charge in [0, 0.05) is 6.42 Å². The third-order valence-corrected chi connectivity index (χ3v) is 3.01. The van der Waals surface area contributed by atoms with Crippen molar-refractivity contribution in [1.29, 1.82) is 0 Å². The van der Waals surface area contributed by atoms with Crippen LogP contribution in [0.3, 0.4) is 0 Å². The van der Waals surface area contributed by atoms with Gasteiger partial charge in [0.05, 0.1) is 6.10 Å². The summed E-state index contributed by atoms with van der Waals surface area (Å²) in [6.07, 6.45) is -0.138. The predicted molar refractivity (Wildman–Crippen MR) is 84.8 cm³/mol. The van der Waals surface area contributed by atoms with Crippen LogP contribution in [-0.2, 0) is 25.7 Å². The number of nitrogens with one attached hydrogen (secondary N) is 1. The van der Waals surface area contributed by atoms with Crippen molar-refractivity contribution in [2.75, 3.05) is 0 Å². The number of esters is 1. The second-order valence-corrected chi connectivity index (χ2v) is 5.40. The van der Waals surface area contributed by atoms with Crippen LogP contribution in [0.4, 0.5) is 4.79 Å². The Kier molecular flexibility index (Phi) is 7.64. The molecule has 0 aliphatic heterocycles. The second kappa shape index (κ2) is 9.45. The van der Waals surface area contributed by atoms with Crippen LogP contribution in [0.25, 0.3) is 0 Å². The summed E-state index contributed by atoms with van der Waals surface area (Å²) < 4.78 is 19.2. The van der Waals surface area contributed by atoms with E-state index in [0.29, 0.717) is 0 Å². The van der Waals surface area contributed by atoms with Crippen LogP contribution in [-0.4, -0.2) is 30.0 Å². The molecule has 1 aromatic heterocycles. The van der Waals surface area contributed by atoms with E-state index in [1.807, 2.05) is 0 Å². The SMILES string of the molecule is C=CC(=O)CCC(NC(=O)OCc1oc(=O)oc1C)C(=O)OC(C)C. The summed E-state index contributed by atoms with van der Waals surface area (Å²) in [7, 11) is 0. The van der Waals surface area contributed by atoms with E-state index in [1.165, 1.54) is 6.92 Å². The highest BCUT2D eigenvalue weighted by atomic mass is 16.6. The molecule has 0 aliphatic carbocycles. The van der Waals surface area contributed by atoms with Gasteiger partial charge in [0.1, 0.15) is 6.04 Å². The molecule has 1 N–H and O–H groups in total. The van der Waals surface area contributed by atoms with E-state index in [2.05, 4.69) is 20.7 Å². The first-order chi connectivity index (χ1) is 11.7. The molecule has 1 amide bonds.